The minimum atomic E-state index is 0.826. The molecule has 1 heteroatoms. The van der Waals surface area contributed by atoms with Crippen LogP contribution in [0.4, 0.5) is 0 Å². The van der Waals surface area contributed by atoms with Gasteiger partial charge in [-0.3, -0.25) is 0 Å². The number of hydrogen-bond acceptors (Lipinski definition) is 1. The molecule has 1 aromatic carbocycles. The highest BCUT2D eigenvalue weighted by Gasteiger charge is 2.31. The molecule has 0 heterocycles. The highest BCUT2D eigenvalue weighted by atomic mass is 16.5. The first-order valence-corrected chi connectivity index (χ1v) is 10.3. The number of ether oxygens (including phenoxy) is 1. The maximum Gasteiger partial charge on any atom is 0.0462 e. The van der Waals surface area contributed by atoms with E-state index in [-0.39, 0.29) is 0 Å². The molecule has 0 radical (unpaired) electrons. The van der Waals surface area contributed by atoms with Gasteiger partial charge in [-0.25, -0.2) is 0 Å². The minimum Gasteiger partial charge on any atom is -0.385 e. The van der Waals surface area contributed by atoms with Crippen molar-refractivity contribution in [3.8, 4) is 0 Å². The Balaban J connectivity index is 1.40. The second-order valence-electron chi connectivity index (χ2n) is 8.44. The molecule has 0 bridgehead atoms. The lowest BCUT2D eigenvalue weighted by atomic mass is 9.68. The standard InChI is InChI=1S/C23H36O/c1-18-5-9-20(10-6-18)22-13-15-23(16-14-22)21-11-7-19(8-12-21)4-3-17-24-2/h5-6,9-10,19,21-23H,3-4,7-8,11-17H2,1-2H3. The maximum absolute atomic E-state index is 5.20. The van der Waals surface area contributed by atoms with Crippen LogP contribution in [0.1, 0.15) is 81.3 Å². The first-order chi connectivity index (χ1) is 11.8. The van der Waals surface area contributed by atoms with E-state index in [1.807, 2.05) is 7.11 Å². The van der Waals surface area contributed by atoms with E-state index in [4.69, 9.17) is 4.74 Å². The van der Waals surface area contributed by atoms with E-state index >= 15 is 0 Å². The summed E-state index contributed by atoms with van der Waals surface area (Å²) in [5, 5.41) is 0. The van der Waals surface area contributed by atoms with Crippen molar-refractivity contribution in [1.29, 1.82) is 0 Å². The fourth-order valence-electron chi connectivity index (χ4n) is 5.23. The molecule has 0 aromatic heterocycles. The van der Waals surface area contributed by atoms with Crippen LogP contribution in [0.3, 0.4) is 0 Å². The quantitative estimate of drug-likeness (QED) is 0.541. The Morgan fingerprint density at radius 2 is 1.42 bits per heavy atom. The van der Waals surface area contributed by atoms with Crippen LogP contribution in [0.15, 0.2) is 24.3 Å². The molecule has 24 heavy (non-hydrogen) atoms. The summed E-state index contributed by atoms with van der Waals surface area (Å²) in [5.41, 5.74) is 2.97. The summed E-state index contributed by atoms with van der Waals surface area (Å²) in [5.74, 6) is 3.86. The fraction of sp³-hybridized carbons (Fsp3) is 0.739. The Kier molecular flexibility index (Phi) is 6.77. The second kappa shape index (κ2) is 9.04. The summed E-state index contributed by atoms with van der Waals surface area (Å²) in [7, 11) is 1.82. The Hall–Kier alpha value is -0.820. The van der Waals surface area contributed by atoms with Crippen molar-refractivity contribution in [2.45, 2.75) is 77.0 Å². The largest absolute Gasteiger partial charge is 0.385 e. The molecule has 2 fully saturated rings. The van der Waals surface area contributed by atoms with Gasteiger partial charge in [-0.1, -0.05) is 42.7 Å². The highest BCUT2D eigenvalue weighted by molar-refractivity contribution is 5.24. The molecular weight excluding hydrogens is 292 g/mol. The van der Waals surface area contributed by atoms with E-state index in [9.17, 15) is 0 Å². The summed E-state index contributed by atoms with van der Waals surface area (Å²) in [6, 6.07) is 9.30. The van der Waals surface area contributed by atoms with Gasteiger partial charge >= 0.3 is 0 Å². The van der Waals surface area contributed by atoms with Crippen molar-refractivity contribution in [3.05, 3.63) is 35.4 Å². The molecule has 2 saturated carbocycles. The van der Waals surface area contributed by atoms with Crippen LogP contribution < -0.4 is 0 Å². The monoisotopic (exact) mass is 328 g/mol. The molecule has 0 saturated heterocycles. The van der Waals surface area contributed by atoms with Crippen molar-refractivity contribution in [2.75, 3.05) is 13.7 Å². The van der Waals surface area contributed by atoms with Crippen molar-refractivity contribution in [1.82, 2.24) is 0 Å². The molecule has 0 unspecified atom stereocenters. The van der Waals surface area contributed by atoms with Crippen LogP contribution in [-0.2, 0) is 4.74 Å². The van der Waals surface area contributed by atoms with Crippen LogP contribution >= 0.6 is 0 Å². The fourth-order valence-corrected chi connectivity index (χ4v) is 5.23. The predicted octanol–water partition coefficient (Wildman–Crippen LogP) is 6.50. The van der Waals surface area contributed by atoms with Gasteiger partial charge in [0, 0.05) is 13.7 Å². The second-order valence-corrected chi connectivity index (χ2v) is 8.44. The molecule has 3 rings (SSSR count). The molecule has 1 aromatic rings. The maximum atomic E-state index is 5.20. The Morgan fingerprint density at radius 1 is 0.833 bits per heavy atom. The van der Waals surface area contributed by atoms with Crippen molar-refractivity contribution in [3.63, 3.8) is 0 Å². The first kappa shape index (κ1) is 18.0. The van der Waals surface area contributed by atoms with E-state index in [0.29, 0.717) is 0 Å². The van der Waals surface area contributed by atoms with Gasteiger partial charge in [-0.2, -0.15) is 0 Å². The van der Waals surface area contributed by atoms with Gasteiger partial charge in [0.05, 0.1) is 0 Å². The highest BCUT2D eigenvalue weighted by Crippen LogP contribution is 2.44. The zero-order chi connectivity index (χ0) is 16.8. The van der Waals surface area contributed by atoms with Gasteiger partial charge in [0.2, 0.25) is 0 Å². The molecule has 2 aliphatic carbocycles. The molecule has 2 aliphatic rings. The number of aryl methyl sites for hydroxylation is 1. The number of hydrogen-bond donors (Lipinski definition) is 0. The average molecular weight is 329 g/mol. The molecule has 0 amide bonds. The van der Waals surface area contributed by atoms with E-state index in [0.717, 1.165) is 30.3 Å². The topological polar surface area (TPSA) is 9.23 Å². The summed E-state index contributed by atoms with van der Waals surface area (Å²) in [4.78, 5) is 0. The van der Waals surface area contributed by atoms with Gasteiger partial charge in [-0.15, -0.1) is 0 Å². The lowest BCUT2D eigenvalue weighted by Crippen LogP contribution is -2.25. The summed E-state index contributed by atoms with van der Waals surface area (Å²) >= 11 is 0. The number of methoxy groups -OCH3 is 1. The van der Waals surface area contributed by atoms with Crippen LogP contribution in [-0.4, -0.2) is 13.7 Å². The average Bonchev–Trinajstić information content (AvgIpc) is 2.63. The van der Waals surface area contributed by atoms with Crippen molar-refractivity contribution < 1.29 is 4.74 Å². The van der Waals surface area contributed by atoms with E-state index in [1.54, 1.807) is 5.56 Å². The molecule has 134 valence electrons. The number of benzene rings is 1. The Bertz CT molecular complexity index is 461. The third-order valence-electron chi connectivity index (χ3n) is 6.84. The molecule has 0 atom stereocenters. The molecule has 0 aliphatic heterocycles. The van der Waals surface area contributed by atoms with Gasteiger partial charge in [0.1, 0.15) is 0 Å². The molecule has 0 spiro atoms. The third-order valence-corrected chi connectivity index (χ3v) is 6.84. The Labute approximate surface area is 149 Å². The van der Waals surface area contributed by atoms with Gasteiger partial charge < -0.3 is 4.74 Å². The van der Waals surface area contributed by atoms with Gasteiger partial charge in [0.25, 0.3) is 0 Å². The lowest BCUT2D eigenvalue weighted by molar-refractivity contribution is 0.144. The summed E-state index contributed by atoms with van der Waals surface area (Å²) in [6.45, 7) is 3.13. The normalized spacial score (nSPS) is 31.1. The van der Waals surface area contributed by atoms with Gasteiger partial charge in [0.15, 0.2) is 0 Å². The summed E-state index contributed by atoms with van der Waals surface area (Å²) in [6.07, 6.45) is 14.4. The SMILES string of the molecule is COCCCC1CCC(C2CCC(c3ccc(C)cc3)CC2)CC1. The van der Waals surface area contributed by atoms with Gasteiger partial charge in [-0.05, 0) is 87.5 Å². The van der Waals surface area contributed by atoms with Crippen LogP contribution in [0.5, 0.6) is 0 Å². The van der Waals surface area contributed by atoms with Crippen molar-refractivity contribution >= 4 is 0 Å². The van der Waals surface area contributed by atoms with Crippen LogP contribution in [0.2, 0.25) is 0 Å². The minimum absolute atomic E-state index is 0.826. The molecular formula is C23H36O. The van der Waals surface area contributed by atoms with Crippen LogP contribution in [0, 0.1) is 24.7 Å². The lowest BCUT2D eigenvalue weighted by Gasteiger charge is -2.38. The van der Waals surface area contributed by atoms with E-state index < -0.39 is 0 Å². The zero-order valence-corrected chi connectivity index (χ0v) is 15.8. The summed E-state index contributed by atoms with van der Waals surface area (Å²) < 4.78 is 5.20. The first-order valence-electron chi connectivity index (χ1n) is 10.3. The smallest absolute Gasteiger partial charge is 0.0462 e. The zero-order valence-electron chi connectivity index (χ0n) is 15.8. The van der Waals surface area contributed by atoms with E-state index in [2.05, 4.69) is 31.2 Å². The Morgan fingerprint density at radius 3 is 2.00 bits per heavy atom. The number of rotatable bonds is 6. The molecule has 0 N–H and O–H groups in total. The predicted molar refractivity (Wildman–Crippen MR) is 102 cm³/mol. The van der Waals surface area contributed by atoms with Crippen molar-refractivity contribution in [2.24, 2.45) is 17.8 Å². The third kappa shape index (κ3) is 4.85. The van der Waals surface area contributed by atoms with Crippen LogP contribution in [0.25, 0.3) is 0 Å². The van der Waals surface area contributed by atoms with E-state index in [1.165, 1.54) is 69.8 Å². The molecule has 1 nitrogen and oxygen atoms in total.